The van der Waals surface area contributed by atoms with Gasteiger partial charge in [-0.15, -0.1) is 0 Å². The molecule has 0 spiro atoms. The first-order valence-corrected chi connectivity index (χ1v) is 10.5. The highest BCUT2D eigenvalue weighted by Gasteiger charge is 2.26. The van der Waals surface area contributed by atoms with E-state index in [9.17, 15) is 13.2 Å². The first kappa shape index (κ1) is 19.7. The Hall–Kier alpha value is -2.09. The zero-order chi connectivity index (χ0) is 19.3. The van der Waals surface area contributed by atoms with Crippen molar-refractivity contribution in [3.05, 3.63) is 59.1 Å². The van der Waals surface area contributed by atoms with Crippen LogP contribution in [0.5, 0.6) is 5.75 Å². The van der Waals surface area contributed by atoms with Crippen LogP contribution in [0.2, 0.25) is 5.02 Å². The smallest absolute Gasteiger partial charge is 0.258 e. The molecule has 0 aliphatic carbocycles. The van der Waals surface area contributed by atoms with Crippen LogP contribution in [0.1, 0.15) is 18.4 Å². The Bertz CT molecular complexity index is 894. The summed E-state index contributed by atoms with van der Waals surface area (Å²) in [5.74, 6) is 0.145. The Kier molecular flexibility index (Phi) is 6.36. The van der Waals surface area contributed by atoms with Crippen LogP contribution < -0.4 is 10.1 Å². The molecule has 144 valence electrons. The predicted octanol–water partition coefficient (Wildman–Crippen LogP) is 2.82. The summed E-state index contributed by atoms with van der Waals surface area (Å²) in [4.78, 5) is 12.2. The summed E-state index contributed by atoms with van der Waals surface area (Å²) in [6, 6.07) is 13.4. The van der Waals surface area contributed by atoms with Gasteiger partial charge in [0.1, 0.15) is 5.75 Å². The molecule has 0 radical (unpaired) electrons. The molecular formula is C19H21ClN2O4S. The van der Waals surface area contributed by atoms with Gasteiger partial charge in [-0.3, -0.25) is 4.79 Å². The average Bonchev–Trinajstić information content (AvgIpc) is 3.22. The molecule has 1 aliphatic rings. The summed E-state index contributed by atoms with van der Waals surface area (Å²) in [6.45, 7) is 1.27. The second-order valence-electron chi connectivity index (χ2n) is 6.24. The van der Waals surface area contributed by atoms with Gasteiger partial charge in [0.15, 0.2) is 6.61 Å². The number of carbonyl (C=O) groups is 1. The first-order chi connectivity index (χ1) is 13.0. The molecular weight excluding hydrogens is 388 g/mol. The van der Waals surface area contributed by atoms with E-state index in [0.29, 0.717) is 30.4 Å². The summed E-state index contributed by atoms with van der Waals surface area (Å²) >= 11 is 6.04. The van der Waals surface area contributed by atoms with Crippen LogP contribution in [-0.4, -0.2) is 38.3 Å². The van der Waals surface area contributed by atoms with Crippen molar-refractivity contribution in [3.63, 3.8) is 0 Å². The quantitative estimate of drug-likeness (QED) is 0.764. The first-order valence-electron chi connectivity index (χ1n) is 8.70. The molecule has 1 N–H and O–H groups in total. The molecule has 0 saturated carbocycles. The zero-order valence-corrected chi connectivity index (χ0v) is 16.3. The molecule has 0 aromatic heterocycles. The van der Waals surface area contributed by atoms with E-state index < -0.39 is 10.0 Å². The second-order valence-corrected chi connectivity index (χ2v) is 8.58. The molecule has 0 atom stereocenters. The maximum atomic E-state index is 12.5. The molecule has 0 bridgehead atoms. The van der Waals surface area contributed by atoms with Gasteiger partial charge in [-0.25, -0.2) is 8.42 Å². The highest BCUT2D eigenvalue weighted by Crippen LogP contribution is 2.23. The summed E-state index contributed by atoms with van der Waals surface area (Å²) in [6.07, 6.45) is 1.79. The fourth-order valence-electron chi connectivity index (χ4n) is 2.82. The number of benzene rings is 2. The van der Waals surface area contributed by atoms with Crippen molar-refractivity contribution in [2.45, 2.75) is 24.3 Å². The van der Waals surface area contributed by atoms with Crippen LogP contribution in [0.15, 0.2) is 53.4 Å². The number of hydrogen-bond acceptors (Lipinski definition) is 4. The van der Waals surface area contributed by atoms with Crippen LogP contribution in [0, 0.1) is 0 Å². The number of rotatable bonds is 7. The van der Waals surface area contributed by atoms with E-state index in [2.05, 4.69) is 5.32 Å². The monoisotopic (exact) mass is 408 g/mol. The van der Waals surface area contributed by atoms with Crippen LogP contribution in [0.25, 0.3) is 0 Å². The lowest BCUT2D eigenvalue weighted by Crippen LogP contribution is -2.28. The highest BCUT2D eigenvalue weighted by molar-refractivity contribution is 7.89. The van der Waals surface area contributed by atoms with E-state index in [1.165, 1.54) is 16.4 Å². The molecule has 2 aromatic carbocycles. The lowest BCUT2D eigenvalue weighted by Gasteiger charge is -2.15. The van der Waals surface area contributed by atoms with Crippen molar-refractivity contribution in [2.24, 2.45) is 0 Å². The Balaban J connectivity index is 1.51. The van der Waals surface area contributed by atoms with E-state index in [1.807, 2.05) is 18.2 Å². The van der Waals surface area contributed by atoms with E-state index in [4.69, 9.17) is 16.3 Å². The third kappa shape index (κ3) is 5.00. The molecule has 1 heterocycles. The molecule has 8 heteroatoms. The number of amides is 1. The Morgan fingerprint density at radius 1 is 1.07 bits per heavy atom. The van der Waals surface area contributed by atoms with Crippen LogP contribution in [0.3, 0.4) is 0 Å². The van der Waals surface area contributed by atoms with Gasteiger partial charge in [-0.1, -0.05) is 29.8 Å². The zero-order valence-electron chi connectivity index (χ0n) is 14.7. The lowest BCUT2D eigenvalue weighted by molar-refractivity contribution is -0.123. The topological polar surface area (TPSA) is 75.7 Å². The van der Waals surface area contributed by atoms with Gasteiger partial charge in [0.25, 0.3) is 5.91 Å². The van der Waals surface area contributed by atoms with Gasteiger partial charge in [0, 0.05) is 24.7 Å². The maximum Gasteiger partial charge on any atom is 0.258 e. The van der Waals surface area contributed by atoms with Gasteiger partial charge in [0.2, 0.25) is 10.0 Å². The fraction of sp³-hybridized carbons (Fsp3) is 0.316. The molecule has 1 amide bonds. The molecule has 6 nitrogen and oxygen atoms in total. The molecule has 1 saturated heterocycles. The normalized spacial score (nSPS) is 14.9. The Morgan fingerprint density at radius 3 is 2.41 bits per heavy atom. The maximum absolute atomic E-state index is 12.5. The highest BCUT2D eigenvalue weighted by atomic mass is 35.5. The minimum Gasteiger partial charge on any atom is -0.484 e. The van der Waals surface area contributed by atoms with Crippen LogP contribution in [0.4, 0.5) is 0 Å². The van der Waals surface area contributed by atoms with Crippen molar-refractivity contribution in [3.8, 4) is 5.75 Å². The third-order valence-electron chi connectivity index (χ3n) is 4.33. The van der Waals surface area contributed by atoms with Crippen molar-refractivity contribution >= 4 is 27.5 Å². The third-order valence-corrected chi connectivity index (χ3v) is 6.61. The van der Waals surface area contributed by atoms with E-state index >= 15 is 0 Å². The molecule has 27 heavy (non-hydrogen) atoms. The molecule has 2 aromatic rings. The number of hydrogen-bond donors (Lipinski definition) is 1. The van der Waals surface area contributed by atoms with Gasteiger partial charge in [-0.2, -0.15) is 4.31 Å². The number of nitrogens with zero attached hydrogens (tertiary/aromatic N) is 1. The summed E-state index contributed by atoms with van der Waals surface area (Å²) in [7, 11) is -3.44. The van der Waals surface area contributed by atoms with E-state index in [0.717, 1.165) is 18.4 Å². The van der Waals surface area contributed by atoms with E-state index in [-0.39, 0.29) is 17.4 Å². The lowest BCUT2D eigenvalue weighted by atomic mass is 10.2. The Labute approximate surface area is 164 Å². The molecule has 1 aliphatic heterocycles. The van der Waals surface area contributed by atoms with Crippen LogP contribution in [-0.2, 0) is 21.4 Å². The summed E-state index contributed by atoms with van der Waals surface area (Å²) in [5.41, 5.74) is 0.823. The number of carbonyl (C=O) groups excluding carboxylic acids is 1. The molecule has 3 rings (SSSR count). The van der Waals surface area contributed by atoms with Gasteiger partial charge >= 0.3 is 0 Å². The van der Waals surface area contributed by atoms with Gasteiger partial charge < -0.3 is 10.1 Å². The minimum absolute atomic E-state index is 0.164. The van der Waals surface area contributed by atoms with Crippen molar-refractivity contribution in [2.75, 3.05) is 19.7 Å². The van der Waals surface area contributed by atoms with Gasteiger partial charge in [0.05, 0.1) is 4.90 Å². The van der Waals surface area contributed by atoms with Gasteiger partial charge in [-0.05, 0) is 48.7 Å². The predicted molar refractivity (Wildman–Crippen MR) is 103 cm³/mol. The fourth-order valence-corrected chi connectivity index (χ4v) is 4.54. The number of halogens is 1. The minimum atomic E-state index is -3.44. The number of ether oxygens (including phenoxy) is 1. The largest absolute Gasteiger partial charge is 0.484 e. The van der Waals surface area contributed by atoms with Crippen molar-refractivity contribution in [1.82, 2.24) is 9.62 Å². The number of nitrogens with one attached hydrogen (secondary N) is 1. The second kappa shape index (κ2) is 8.73. The average molecular weight is 409 g/mol. The summed E-state index contributed by atoms with van der Waals surface area (Å²) < 4.78 is 31.9. The standard InChI is InChI=1S/C19H21ClN2O4S/c20-18-6-2-1-5-15(18)13-21-19(23)14-26-16-7-9-17(10-8-16)27(24,25)22-11-3-4-12-22/h1-2,5-10H,3-4,11-14H2,(H,21,23). The van der Waals surface area contributed by atoms with E-state index in [1.54, 1.807) is 18.2 Å². The number of sulfonamides is 1. The molecule has 1 fully saturated rings. The molecule has 0 unspecified atom stereocenters. The van der Waals surface area contributed by atoms with Crippen LogP contribution >= 0.6 is 11.6 Å². The van der Waals surface area contributed by atoms with Crippen molar-refractivity contribution in [1.29, 1.82) is 0 Å². The Morgan fingerprint density at radius 2 is 1.74 bits per heavy atom. The van der Waals surface area contributed by atoms with Crippen molar-refractivity contribution < 1.29 is 17.9 Å². The summed E-state index contributed by atoms with van der Waals surface area (Å²) in [5, 5.41) is 3.32. The SMILES string of the molecule is O=C(COc1ccc(S(=O)(=O)N2CCCC2)cc1)NCc1ccccc1Cl.